The van der Waals surface area contributed by atoms with Crippen molar-refractivity contribution in [2.75, 3.05) is 5.73 Å². The van der Waals surface area contributed by atoms with E-state index < -0.39 is 0 Å². The molecule has 4 nitrogen and oxygen atoms in total. The van der Waals surface area contributed by atoms with Crippen LogP contribution in [-0.4, -0.2) is 4.98 Å². The smallest absolute Gasteiger partial charge is 0.110 e. The van der Waals surface area contributed by atoms with Gasteiger partial charge in [-0.25, -0.2) is 0 Å². The summed E-state index contributed by atoms with van der Waals surface area (Å²) in [6, 6.07) is 26.8. The van der Waals surface area contributed by atoms with Crippen LogP contribution in [0.2, 0.25) is 0 Å². The number of fused-ring (bicyclic) bond motifs is 1. The van der Waals surface area contributed by atoms with Crippen LogP contribution in [0, 0.1) is 20.8 Å². The molecule has 4 aromatic carbocycles. The number of nitrogen functional groups attached to an aromatic ring is 1. The van der Waals surface area contributed by atoms with Crippen LogP contribution in [0.5, 0.6) is 0 Å². The zero-order valence-corrected chi connectivity index (χ0v) is 20.8. The van der Waals surface area contributed by atoms with Crippen molar-refractivity contribution in [3.63, 3.8) is 0 Å². The van der Waals surface area contributed by atoms with Crippen molar-refractivity contribution in [2.24, 2.45) is 10.2 Å². The maximum atomic E-state index is 6.36. The summed E-state index contributed by atoms with van der Waals surface area (Å²) in [5, 5.41) is 10.7. The highest BCUT2D eigenvalue weighted by Gasteiger charge is 2.11. The quantitative estimate of drug-likeness (QED) is 0.155. The van der Waals surface area contributed by atoms with E-state index in [0.29, 0.717) is 17.1 Å². The Balaban J connectivity index is 1.49. The number of rotatable bonds is 4. The summed E-state index contributed by atoms with van der Waals surface area (Å²) in [5.41, 5.74) is 16.2. The molecule has 0 saturated heterocycles. The number of nitrogens with zero attached hydrogens (tertiary/aromatic N) is 3. The van der Waals surface area contributed by atoms with Crippen LogP contribution < -0.4 is 5.73 Å². The summed E-state index contributed by atoms with van der Waals surface area (Å²) >= 11 is 4.59. The Bertz CT molecular complexity index is 1570. The molecule has 0 aliphatic carbocycles. The first-order valence-corrected chi connectivity index (χ1v) is 11.9. The lowest BCUT2D eigenvalue weighted by Gasteiger charge is -2.12. The van der Waals surface area contributed by atoms with E-state index in [1.54, 1.807) is 6.20 Å². The minimum absolute atomic E-state index is 0.588. The Hall–Kier alpha value is -3.96. The number of nitrogens with two attached hydrogens (primary N) is 1. The fourth-order valence-electron chi connectivity index (χ4n) is 4.42. The second-order valence-electron chi connectivity index (χ2n) is 8.90. The van der Waals surface area contributed by atoms with Crippen LogP contribution in [0.25, 0.3) is 33.2 Å². The highest BCUT2D eigenvalue weighted by Crippen LogP contribution is 2.37. The van der Waals surface area contributed by atoms with E-state index in [1.807, 2.05) is 42.5 Å². The van der Waals surface area contributed by atoms with Crippen LogP contribution in [0.3, 0.4) is 0 Å². The van der Waals surface area contributed by atoms with Crippen LogP contribution in [0.1, 0.15) is 16.7 Å². The molecule has 0 radical (unpaired) electrons. The molecule has 1 heterocycles. The first kappa shape index (κ1) is 22.8. The Morgan fingerprint density at radius 2 is 1.46 bits per heavy atom. The summed E-state index contributed by atoms with van der Waals surface area (Å²) in [6.45, 7) is 6.35. The van der Waals surface area contributed by atoms with Gasteiger partial charge in [0, 0.05) is 15.8 Å². The molecule has 0 fully saturated rings. The van der Waals surface area contributed by atoms with Gasteiger partial charge in [-0.05, 0) is 61.5 Å². The molecule has 0 atom stereocenters. The Kier molecular flexibility index (Phi) is 6.10. The molecule has 5 aromatic rings. The van der Waals surface area contributed by atoms with E-state index in [0.717, 1.165) is 32.5 Å². The van der Waals surface area contributed by atoms with Gasteiger partial charge in [0.2, 0.25) is 0 Å². The Morgan fingerprint density at radius 1 is 0.714 bits per heavy atom. The van der Waals surface area contributed by atoms with Gasteiger partial charge in [0.1, 0.15) is 11.4 Å². The molecule has 1 aromatic heterocycles. The van der Waals surface area contributed by atoms with Crippen LogP contribution >= 0.6 is 12.6 Å². The summed E-state index contributed by atoms with van der Waals surface area (Å²) in [4.78, 5) is 5.54. The number of benzene rings is 4. The van der Waals surface area contributed by atoms with Gasteiger partial charge in [-0.2, -0.15) is 0 Å². The third kappa shape index (κ3) is 4.68. The van der Waals surface area contributed by atoms with Gasteiger partial charge in [-0.3, -0.25) is 4.98 Å². The minimum Gasteiger partial charge on any atom is -0.396 e. The standard InChI is InChI=1S/C30H26N4S/c1-18-8-10-23(21-13-19(2)12-20(3)14-21)26(15-18)27-11-9-22(17-32-27)33-34-28-16-29(35)24-6-4-5-7-25(24)30(28)31/h4-17,35H,31H2,1-3H3. The molecular formula is C30H26N4S. The second-order valence-corrected chi connectivity index (χ2v) is 9.38. The fraction of sp³-hybridized carbons (Fsp3) is 0.100. The summed E-state index contributed by atoms with van der Waals surface area (Å²) in [5.74, 6) is 0. The summed E-state index contributed by atoms with van der Waals surface area (Å²) < 4.78 is 0. The summed E-state index contributed by atoms with van der Waals surface area (Å²) in [7, 11) is 0. The second kappa shape index (κ2) is 9.35. The first-order valence-electron chi connectivity index (χ1n) is 11.5. The van der Waals surface area contributed by atoms with Gasteiger partial charge < -0.3 is 5.73 Å². The zero-order chi connectivity index (χ0) is 24.5. The fourth-order valence-corrected chi connectivity index (χ4v) is 4.73. The minimum atomic E-state index is 0.588. The van der Waals surface area contributed by atoms with E-state index in [-0.39, 0.29) is 0 Å². The molecule has 0 spiro atoms. The SMILES string of the molecule is Cc1cc(C)cc(-c2ccc(C)cc2-c2ccc(N=Nc3cc(S)c4ccccc4c3N)cn2)c1. The van der Waals surface area contributed by atoms with E-state index in [4.69, 9.17) is 10.7 Å². The molecule has 0 aliphatic heterocycles. The number of thiol groups is 1. The molecule has 0 unspecified atom stereocenters. The van der Waals surface area contributed by atoms with Crippen molar-refractivity contribution in [3.05, 3.63) is 102 Å². The molecule has 0 amide bonds. The number of aryl methyl sites for hydroxylation is 3. The zero-order valence-electron chi connectivity index (χ0n) is 19.9. The van der Waals surface area contributed by atoms with E-state index in [9.17, 15) is 0 Å². The van der Waals surface area contributed by atoms with Crippen molar-refractivity contribution >= 4 is 40.5 Å². The molecule has 0 saturated carbocycles. The van der Waals surface area contributed by atoms with Crippen molar-refractivity contribution < 1.29 is 0 Å². The van der Waals surface area contributed by atoms with Gasteiger partial charge in [0.15, 0.2) is 0 Å². The maximum absolute atomic E-state index is 6.36. The Labute approximate surface area is 211 Å². The third-order valence-electron chi connectivity index (χ3n) is 6.05. The summed E-state index contributed by atoms with van der Waals surface area (Å²) in [6.07, 6.45) is 1.74. The highest BCUT2D eigenvalue weighted by atomic mass is 32.1. The molecule has 172 valence electrons. The number of azo groups is 1. The molecule has 5 rings (SSSR count). The van der Waals surface area contributed by atoms with Crippen molar-refractivity contribution in [1.82, 2.24) is 4.98 Å². The lowest BCUT2D eigenvalue weighted by Crippen LogP contribution is -1.91. The number of hydrogen-bond acceptors (Lipinski definition) is 5. The topological polar surface area (TPSA) is 63.6 Å². The van der Waals surface area contributed by atoms with Gasteiger partial charge in [-0.1, -0.05) is 71.3 Å². The van der Waals surface area contributed by atoms with Gasteiger partial charge in [-0.15, -0.1) is 22.9 Å². The number of anilines is 1. The van der Waals surface area contributed by atoms with Crippen LogP contribution in [0.4, 0.5) is 17.1 Å². The maximum Gasteiger partial charge on any atom is 0.110 e. The highest BCUT2D eigenvalue weighted by molar-refractivity contribution is 7.80. The van der Waals surface area contributed by atoms with Gasteiger partial charge in [0.25, 0.3) is 0 Å². The first-order chi connectivity index (χ1) is 16.9. The van der Waals surface area contributed by atoms with E-state index >= 15 is 0 Å². The van der Waals surface area contributed by atoms with Crippen LogP contribution in [0.15, 0.2) is 100 Å². The van der Waals surface area contributed by atoms with Gasteiger partial charge in [0.05, 0.1) is 17.6 Å². The normalized spacial score (nSPS) is 11.4. The van der Waals surface area contributed by atoms with Crippen LogP contribution in [-0.2, 0) is 0 Å². The lowest BCUT2D eigenvalue weighted by molar-refractivity contribution is 1.20. The molecule has 0 aliphatic rings. The molecule has 0 bridgehead atoms. The monoisotopic (exact) mass is 474 g/mol. The van der Waals surface area contributed by atoms with E-state index in [1.165, 1.54) is 22.3 Å². The number of hydrogen-bond donors (Lipinski definition) is 2. The number of aromatic nitrogens is 1. The predicted octanol–water partition coefficient (Wildman–Crippen LogP) is 8.78. The molecule has 35 heavy (non-hydrogen) atoms. The predicted molar refractivity (Wildman–Crippen MR) is 149 cm³/mol. The average molecular weight is 475 g/mol. The van der Waals surface area contributed by atoms with E-state index in [2.05, 4.69) is 80.0 Å². The lowest BCUT2D eigenvalue weighted by atomic mass is 9.93. The van der Waals surface area contributed by atoms with Crippen molar-refractivity contribution in [1.29, 1.82) is 0 Å². The average Bonchev–Trinajstić information content (AvgIpc) is 2.85. The molecular weight excluding hydrogens is 448 g/mol. The van der Waals surface area contributed by atoms with Crippen molar-refractivity contribution in [3.8, 4) is 22.4 Å². The van der Waals surface area contributed by atoms with Crippen molar-refractivity contribution in [2.45, 2.75) is 25.7 Å². The third-order valence-corrected chi connectivity index (χ3v) is 6.42. The molecule has 2 N–H and O–H groups in total. The largest absolute Gasteiger partial charge is 0.396 e. The Morgan fingerprint density at radius 3 is 2.17 bits per heavy atom. The van der Waals surface area contributed by atoms with Gasteiger partial charge >= 0.3 is 0 Å². The molecule has 5 heteroatoms. The number of pyridine rings is 1.